The number of piperazine rings is 1. The summed E-state index contributed by atoms with van der Waals surface area (Å²) in [6.07, 6.45) is 0. The first-order chi connectivity index (χ1) is 15.4. The summed E-state index contributed by atoms with van der Waals surface area (Å²) in [5.41, 5.74) is 1.30. The number of rotatable bonds is 7. The zero-order chi connectivity index (χ0) is 23.1. The number of carbonyl (C=O) groups excluding carboxylic acids is 2. The van der Waals surface area contributed by atoms with Crippen LogP contribution in [0.3, 0.4) is 0 Å². The molecule has 0 bridgehead atoms. The van der Waals surface area contributed by atoms with E-state index in [4.69, 9.17) is 9.47 Å². The molecular formula is C23H29FN4O4. The van der Waals surface area contributed by atoms with Crippen molar-refractivity contribution < 1.29 is 23.5 Å². The molecule has 2 N–H and O–H groups in total. The molecule has 2 aromatic rings. The Labute approximate surface area is 187 Å². The lowest BCUT2D eigenvalue weighted by atomic mass is 10.0. The monoisotopic (exact) mass is 444 g/mol. The smallest absolute Gasteiger partial charge is 0.313 e. The molecule has 172 valence electrons. The van der Waals surface area contributed by atoms with E-state index < -0.39 is 11.8 Å². The minimum absolute atomic E-state index is 0.165. The zero-order valence-electron chi connectivity index (χ0n) is 18.6. The van der Waals surface area contributed by atoms with Crippen molar-refractivity contribution in [2.24, 2.45) is 0 Å². The van der Waals surface area contributed by atoms with Gasteiger partial charge in [-0.1, -0.05) is 12.1 Å². The molecule has 0 spiro atoms. The molecule has 0 aliphatic carbocycles. The third-order valence-corrected chi connectivity index (χ3v) is 5.54. The molecule has 1 heterocycles. The Balaban J connectivity index is 1.65. The van der Waals surface area contributed by atoms with Crippen molar-refractivity contribution in [2.45, 2.75) is 6.04 Å². The maximum absolute atomic E-state index is 13.4. The lowest BCUT2D eigenvalue weighted by molar-refractivity contribution is -0.136. The van der Waals surface area contributed by atoms with Gasteiger partial charge >= 0.3 is 11.8 Å². The number of likely N-dealkylation sites (N-methyl/N-ethyl adjacent to an activating group) is 1. The van der Waals surface area contributed by atoms with Crippen LogP contribution in [0, 0.1) is 5.82 Å². The highest BCUT2D eigenvalue weighted by atomic mass is 19.1. The molecule has 1 fully saturated rings. The van der Waals surface area contributed by atoms with Gasteiger partial charge in [-0.3, -0.25) is 14.5 Å². The Morgan fingerprint density at radius 1 is 0.969 bits per heavy atom. The summed E-state index contributed by atoms with van der Waals surface area (Å²) in [6, 6.07) is 10.9. The Kier molecular flexibility index (Phi) is 8.02. The minimum atomic E-state index is -0.784. The van der Waals surface area contributed by atoms with Crippen molar-refractivity contribution in [3.63, 3.8) is 0 Å². The van der Waals surface area contributed by atoms with Crippen LogP contribution in [0.25, 0.3) is 0 Å². The highest BCUT2D eigenvalue weighted by molar-refractivity contribution is 6.39. The predicted molar refractivity (Wildman–Crippen MR) is 119 cm³/mol. The number of hydrogen-bond donors (Lipinski definition) is 2. The number of amides is 2. The van der Waals surface area contributed by atoms with Gasteiger partial charge in [-0.25, -0.2) is 4.39 Å². The summed E-state index contributed by atoms with van der Waals surface area (Å²) in [7, 11) is 5.07. The normalized spacial score (nSPS) is 15.6. The van der Waals surface area contributed by atoms with Crippen LogP contribution in [-0.4, -0.2) is 75.6 Å². The summed E-state index contributed by atoms with van der Waals surface area (Å²) >= 11 is 0. The summed E-state index contributed by atoms with van der Waals surface area (Å²) in [6.45, 7) is 3.64. The number of halogens is 1. The Morgan fingerprint density at radius 2 is 1.62 bits per heavy atom. The Hall–Kier alpha value is -3.17. The van der Waals surface area contributed by atoms with Crippen molar-refractivity contribution in [1.82, 2.24) is 15.1 Å². The van der Waals surface area contributed by atoms with Crippen LogP contribution in [0.2, 0.25) is 0 Å². The van der Waals surface area contributed by atoms with E-state index in [1.54, 1.807) is 30.3 Å². The molecule has 2 amide bonds. The summed E-state index contributed by atoms with van der Waals surface area (Å²) in [5.74, 6) is -0.889. The van der Waals surface area contributed by atoms with Crippen LogP contribution < -0.4 is 20.1 Å². The molecule has 3 rings (SSSR count). The third kappa shape index (κ3) is 5.95. The second-order valence-electron chi connectivity index (χ2n) is 7.64. The van der Waals surface area contributed by atoms with Gasteiger partial charge in [-0.05, 0) is 36.9 Å². The van der Waals surface area contributed by atoms with E-state index in [0.717, 1.165) is 31.7 Å². The molecule has 1 aliphatic heterocycles. The van der Waals surface area contributed by atoms with Gasteiger partial charge in [0.2, 0.25) is 0 Å². The van der Waals surface area contributed by atoms with Crippen LogP contribution in [0.15, 0.2) is 42.5 Å². The number of ether oxygens (including phenoxy) is 2. The summed E-state index contributed by atoms with van der Waals surface area (Å²) in [4.78, 5) is 29.4. The van der Waals surface area contributed by atoms with E-state index in [0.29, 0.717) is 17.2 Å². The van der Waals surface area contributed by atoms with Crippen LogP contribution in [-0.2, 0) is 9.59 Å². The zero-order valence-corrected chi connectivity index (χ0v) is 18.6. The van der Waals surface area contributed by atoms with E-state index in [1.165, 1.54) is 26.4 Å². The van der Waals surface area contributed by atoms with Crippen molar-refractivity contribution in [3.05, 3.63) is 53.8 Å². The standard InChI is InChI=1S/C23H29FN4O4/c1-27-10-12-28(13-11-27)19(16-4-6-17(24)7-5-16)15-25-22(29)23(30)26-18-8-9-20(31-2)21(14-18)32-3/h4-9,14,19H,10-13,15H2,1-3H3,(H,25,29)(H,26,30)/t19-/m0/s1. The van der Waals surface area contributed by atoms with Gasteiger partial charge < -0.3 is 25.0 Å². The van der Waals surface area contributed by atoms with E-state index in [9.17, 15) is 14.0 Å². The van der Waals surface area contributed by atoms with Crippen molar-refractivity contribution in [1.29, 1.82) is 0 Å². The van der Waals surface area contributed by atoms with Gasteiger partial charge in [0.25, 0.3) is 0 Å². The lowest BCUT2D eigenvalue weighted by Crippen LogP contribution is -2.49. The minimum Gasteiger partial charge on any atom is -0.493 e. The molecule has 0 aromatic heterocycles. The lowest BCUT2D eigenvalue weighted by Gasteiger charge is -2.38. The number of nitrogens with one attached hydrogen (secondary N) is 2. The molecule has 2 aromatic carbocycles. The number of benzene rings is 2. The van der Waals surface area contributed by atoms with Crippen LogP contribution in [0.4, 0.5) is 10.1 Å². The van der Waals surface area contributed by atoms with Gasteiger partial charge in [-0.15, -0.1) is 0 Å². The van der Waals surface area contributed by atoms with Crippen LogP contribution >= 0.6 is 0 Å². The fourth-order valence-electron chi connectivity index (χ4n) is 3.65. The largest absolute Gasteiger partial charge is 0.493 e. The third-order valence-electron chi connectivity index (χ3n) is 5.54. The van der Waals surface area contributed by atoms with E-state index in [-0.39, 0.29) is 18.4 Å². The molecule has 32 heavy (non-hydrogen) atoms. The SMILES string of the molecule is COc1ccc(NC(=O)C(=O)NC[C@@H](c2ccc(F)cc2)N2CCN(C)CC2)cc1OC. The molecule has 1 aliphatic rings. The fourth-order valence-corrected chi connectivity index (χ4v) is 3.65. The molecule has 0 radical (unpaired) electrons. The topological polar surface area (TPSA) is 83.1 Å². The molecule has 0 saturated carbocycles. The van der Waals surface area contributed by atoms with Crippen molar-refractivity contribution in [3.8, 4) is 11.5 Å². The van der Waals surface area contributed by atoms with E-state index in [1.807, 2.05) is 0 Å². The van der Waals surface area contributed by atoms with Gasteiger partial charge in [0.1, 0.15) is 5.82 Å². The fraction of sp³-hybridized carbons (Fsp3) is 0.391. The first-order valence-electron chi connectivity index (χ1n) is 10.4. The van der Waals surface area contributed by atoms with Crippen molar-refractivity contribution >= 4 is 17.5 Å². The molecule has 0 unspecified atom stereocenters. The quantitative estimate of drug-likeness (QED) is 0.635. The average molecular weight is 445 g/mol. The second-order valence-corrected chi connectivity index (χ2v) is 7.64. The number of anilines is 1. The summed E-state index contributed by atoms with van der Waals surface area (Å²) < 4.78 is 23.8. The van der Waals surface area contributed by atoms with Gasteiger partial charge in [0.15, 0.2) is 11.5 Å². The van der Waals surface area contributed by atoms with Gasteiger partial charge in [0, 0.05) is 44.5 Å². The average Bonchev–Trinajstić information content (AvgIpc) is 2.81. The molecule has 1 saturated heterocycles. The number of methoxy groups -OCH3 is 2. The van der Waals surface area contributed by atoms with Crippen molar-refractivity contribution in [2.75, 3.05) is 59.3 Å². The van der Waals surface area contributed by atoms with Crippen LogP contribution in [0.5, 0.6) is 11.5 Å². The van der Waals surface area contributed by atoms with Gasteiger partial charge in [-0.2, -0.15) is 0 Å². The number of carbonyl (C=O) groups is 2. The highest BCUT2D eigenvalue weighted by Crippen LogP contribution is 2.29. The number of nitrogens with zero attached hydrogens (tertiary/aromatic N) is 2. The molecule has 8 nitrogen and oxygen atoms in total. The van der Waals surface area contributed by atoms with Gasteiger partial charge in [0.05, 0.1) is 20.3 Å². The maximum Gasteiger partial charge on any atom is 0.313 e. The first-order valence-corrected chi connectivity index (χ1v) is 10.4. The first kappa shape index (κ1) is 23.5. The highest BCUT2D eigenvalue weighted by Gasteiger charge is 2.25. The number of hydrogen-bond acceptors (Lipinski definition) is 6. The molecule has 1 atom stereocenters. The Morgan fingerprint density at radius 3 is 2.25 bits per heavy atom. The predicted octanol–water partition coefficient (Wildman–Crippen LogP) is 1.89. The second kappa shape index (κ2) is 10.9. The Bertz CT molecular complexity index is 930. The molecule has 9 heteroatoms. The van der Waals surface area contributed by atoms with Crippen LogP contribution in [0.1, 0.15) is 11.6 Å². The summed E-state index contributed by atoms with van der Waals surface area (Å²) in [5, 5.41) is 5.29. The van der Waals surface area contributed by atoms with E-state index in [2.05, 4.69) is 27.5 Å². The molecular weight excluding hydrogens is 415 g/mol. The van der Waals surface area contributed by atoms with E-state index >= 15 is 0 Å². The maximum atomic E-state index is 13.4.